The van der Waals surface area contributed by atoms with Gasteiger partial charge in [-0.2, -0.15) is 0 Å². The van der Waals surface area contributed by atoms with Gasteiger partial charge in [0.25, 0.3) is 0 Å². The minimum atomic E-state index is -1.84. The molecule has 0 saturated carbocycles. The van der Waals surface area contributed by atoms with Crippen molar-refractivity contribution in [2.24, 2.45) is 34.2 Å². The van der Waals surface area contributed by atoms with Crippen molar-refractivity contribution in [2.75, 3.05) is 26.8 Å². The Hall–Kier alpha value is -8.25. The number of ether oxygens (including phenoxy) is 1. The number of hydrogen-bond donors (Lipinski definition) is 16. The first kappa shape index (κ1) is 74.0. The van der Waals surface area contributed by atoms with Crippen LogP contribution in [0.25, 0.3) is 0 Å². The molecule has 16 atom stereocenters. The zero-order valence-electron chi connectivity index (χ0n) is 51.9. The molecule has 0 spiro atoms. The highest BCUT2D eigenvalue weighted by molar-refractivity contribution is 6.00. The Morgan fingerprint density at radius 3 is 1.74 bits per heavy atom. The average molecular weight is 1240 g/mol. The van der Waals surface area contributed by atoms with Crippen molar-refractivity contribution in [3.05, 3.63) is 48.0 Å². The number of rotatable bonds is 32. The summed E-state index contributed by atoms with van der Waals surface area (Å²) in [6.07, 6.45) is -1.05. The fourth-order valence-corrected chi connectivity index (χ4v) is 9.33. The van der Waals surface area contributed by atoms with E-state index in [1.165, 1.54) is 13.8 Å². The quantitative estimate of drug-likeness (QED) is 0.0240. The van der Waals surface area contributed by atoms with E-state index in [2.05, 4.69) is 75.4 Å². The number of aliphatic hydroxyl groups excluding tert-OH is 2. The number of nitrogens with zero attached hydrogens (tertiary/aromatic N) is 1. The number of nitrogens with one attached hydrogen (secondary N) is 12. The van der Waals surface area contributed by atoms with Gasteiger partial charge in [-0.15, -0.1) is 0 Å². The lowest BCUT2D eigenvalue weighted by Gasteiger charge is -2.31. The Morgan fingerprint density at radius 2 is 1.23 bits per heavy atom. The number of esters is 1. The van der Waals surface area contributed by atoms with Gasteiger partial charge in [-0.3, -0.25) is 57.7 Å². The fraction of sp³-hybridized carbons (Fsp3) is 0.638. The number of guanidine groups is 1. The van der Waals surface area contributed by atoms with E-state index in [1.807, 2.05) is 30.3 Å². The van der Waals surface area contributed by atoms with E-state index in [0.717, 1.165) is 5.56 Å². The van der Waals surface area contributed by atoms with Crippen molar-refractivity contribution in [2.45, 2.75) is 192 Å². The molecule has 0 unspecified atom stereocenters. The van der Waals surface area contributed by atoms with Crippen LogP contribution in [0.3, 0.4) is 0 Å². The van der Waals surface area contributed by atoms with Crippen molar-refractivity contribution in [3.63, 3.8) is 0 Å². The number of cyclic esters (lactones) is 1. The molecule has 1 fully saturated rings. The van der Waals surface area contributed by atoms with Crippen LogP contribution in [-0.2, 0) is 68.7 Å². The molecule has 2 aliphatic rings. The van der Waals surface area contributed by atoms with E-state index in [-0.39, 0.29) is 37.3 Å². The summed E-state index contributed by atoms with van der Waals surface area (Å²) in [4.78, 5) is 169. The highest BCUT2D eigenvalue weighted by Crippen LogP contribution is 2.17. The van der Waals surface area contributed by atoms with Crippen LogP contribution in [0.1, 0.15) is 113 Å². The molecule has 1 aromatic rings. The van der Waals surface area contributed by atoms with Gasteiger partial charge in [0.15, 0.2) is 5.96 Å². The third-order valence-corrected chi connectivity index (χ3v) is 15.7. The minimum Gasteiger partial charge on any atom is -0.458 e. The summed E-state index contributed by atoms with van der Waals surface area (Å²) in [5, 5.41) is 52.0. The molecule has 0 aromatic heterocycles. The summed E-state index contributed by atoms with van der Waals surface area (Å²) in [5.74, 6) is -12.7. The summed E-state index contributed by atoms with van der Waals surface area (Å²) in [6.45, 7) is 16.4. The first-order valence-corrected chi connectivity index (χ1v) is 29.8. The summed E-state index contributed by atoms with van der Waals surface area (Å²) in [5.41, 5.74) is 12.2. The first-order chi connectivity index (χ1) is 41.6. The second-order valence-corrected chi connectivity index (χ2v) is 22.4. The van der Waals surface area contributed by atoms with E-state index in [1.54, 1.807) is 55.5 Å². The Labute approximate surface area is 513 Å². The van der Waals surface area contributed by atoms with Crippen LogP contribution in [-0.4, -0.2) is 193 Å². The molecule has 0 bridgehead atoms. The predicted molar refractivity (Wildman–Crippen MR) is 322 cm³/mol. The summed E-state index contributed by atoms with van der Waals surface area (Å²) >= 11 is 0. The van der Waals surface area contributed by atoms with Crippen LogP contribution in [0.2, 0.25) is 0 Å². The van der Waals surface area contributed by atoms with E-state index in [9.17, 15) is 67.7 Å². The first-order valence-electron chi connectivity index (χ1n) is 29.8. The van der Waals surface area contributed by atoms with E-state index in [0.29, 0.717) is 19.3 Å². The second-order valence-electron chi connectivity index (χ2n) is 22.4. The van der Waals surface area contributed by atoms with Crippen molar-refractivity contribution >= 4 is 76.9 Å². The highest BCUT2D eigenvalue weighted by Gasteiger charge is 2.41. The molecular weight excluding hydrogens is 1150 g/mol. The molecule has 490 valence electrons. The van der Waals surface area contributed by atoms with E-state index < -0.39 is 193 Å². The Morgan fingerprint density at radius 1 is 0.682 bits per heavy atom. The van der Waals surface area contributed by atoms with Crippen molar-refractivity contribution in [3.8, 4) is 0 Å². The van der Waals surface area contributed by atoms with Gasteiger partial charge in [0.05, 0.1) is 31.8 Å². The number of aliphatic hydroxyl groups is 2. The third-order valence-electron chi connectivity index (χ3n) is 15.7. The Balaban J connectivity index is 1.85. The van der Waals surface area contributed by atoms with Gasteiger partial charge in [0.1, 0.15) is 66.5 Å². The van der Waals surface area contributed by atoms with Crippen LogP contribution >= 0.6 is 0 Å². The predicted octanol–water partition coefficient (Wildman–Crippen LogP) is -4.34. The summed E-state index contributed by atoms with van der Waals surface area (Å²) in [6, 6.07) is -7.23. The normalized spacial score (nSPS) is 22.3. The van der Waals surface area contributed by atoms with Gasteiger partial charge in [-0.05, 0) is 75.5 Å². The Kier molecular flexibility index (Phi) is 30.4. The molecule has 3 rings (SSSR count). The second kappa shape index (κ2) is 36.2. The molecule has 30 nitrogen and oxygen atoms in total. The van der Waals surface area contributed by atoms with Gasteiger partial charge in [-0.1, -0.05) is 105 Å². The SMILES string of the molecule is C=C(CC)[C@@H](NC(=O)[C@@H](CCC(N)=O)NC(=O)[C@H](CO)NC(=O)[C@@H](NC(=O)[C@@H](Cc1ccccc1)NC)[C@@H](C)CC)C(=O)N[C@H](C(=O)N[C@@H](CO)C(=O)N[C@H]1C(=O)N[C@@H](C)C(=O)N[C@@H](C[C@H]2CN=C(N)N2)C(=O)N[C@@H]([C@@H](C)CC)C(=O)O[C@H]1C)[C@@H](C)CC. The molecule has 2 aliphatic heterocycles. The van der Waals surface area contributed by atoms with Crippen molar-refractivity contribution in [1.82, 2.24) is 63.8 Å². The number of carbonyl (C=O) groups excluding carboxylic acids is 12. The van der Waals surface area contributed by atoms with Crippen LogP contribution in [0.4, 0.5) is 0 Å². The molecule has 18 N–H and O–H groups in total. The van der Waals surface area contributed by atoms with Gasteiger partial charge >= 0.3 is 5.97 Å². The molecule has 2 heterocycles. The lowest BCUT2D eigenvalue weighted by atomic mass is 9.96. The molecule has 30 heteroatoms. The lowest BCUT2D eigenvalue weighted by Crippen LogP contribution is -2.63. The number of amides is 11. The molecule has 1 aromatic carbocycles. The fourth-order valence-electron chi connectivity index (χ4n) is 9.33. The molecule has 0 radical (unpaired) electrons. The van der Waals surface area contributed by atoms with Gasteiger partial charge in [0, 0.05) is 6.42 Å². The number of likely N-dealkylation sites (N-methyl/N-ethyl adjacent to an activating group) is 1. The van der Waals surface area contributed by atoms with Crippen molar-refractivity contribution < 1.29 is 72.5 Å². The average Bonchev–Trinajstić information content (AvgIpc) is 3.05. The summed E-state index contributed by atoms with van der Waals surface area (Å²) < 4.78 is 5.72. The number of benzene rings is 1. The largest absolute Gasteiger partial charge is 0.458 e. The topological polar surface area (TPSA) is 463 Å². The standard InChI is InChI=1S/C58H93N15O15/c1-12-28(5)42(70-49(79)37(61-11)23-34-19-17-16-18-20-34)53(83)67-39(26-74)51(81)65-36(21-22-41(59)76)48(78)69-44(30(7)14-3)55(85)71-43(29(6)13-2)54(84)68-40(27-75)52(82)73-46-33(10)88-57(87)45(31(8)15-4)72-50(80)38(24-35-25-62-58(60)64-35)66-47(77)32(9)63-56(46)86/h16-20,28-29,31-33,35-40,42-46,61,74-75H,7,12-15,21-27H2,1-6,8-11H3,(H2,59,76)(H,63,86)(H,65,81)(H,66,77)(H,67,83)(H,68,84)(H,69,78)(H,70,79)(H,71,85)(H,72,80)(H,73,82)(H3,60,62,64)/t28-,29-,31-,32-,33-,35-,36+,37+,38-,39-,40-,42-,43-,44+,45-,46+/m0/s1. The molecule has 88 heavy (non-hydrogen) atoms. The van der Waals surface area contributed by atoms with Crippen LogP contribution in [0.5, 0.6) is 0 Å². The number of nitrogens with two attached hydrogens (primary N) is 2. The molecule has 11 amide bonds. The number of carbonyl (C=O) groups is 12. The van der Waals surface area contributed by atoms with E-state index in [4.69, 9.17) is 16.2 Å². The van der Waals surface area contributed by atoms with Gasteiger partial charge in [0.2, 0.25) is 65.0 Å². The number of aliphatic imine (C=N–C) groups is 1. The lowest BCUT2D eigenvalue weighted by molar-refractivity contribution is -0.157. The Bertz CT molecular complexity index is 2660. The van der Waals surface area contributed by atoms with Crippen LogP contribution in [0.15, 0.2) is 47.5 Å². The molecular formula is C58H93N15O15. The van der Waals surface area contributed by atoms with Gasteiger partial charge in [-0.25, -0.2) is 4.79 Å². The zero-order chi connectivity index (χ0) is 66.1. The number of hydrogen-bond acceptors (Lipinski definition) is 19. The van der Waals surface area contributed by atoms with Crippen LogP contribution in [0, 0.1) is 17.8 Å². The van der Waals surface area contributed by atoms with E-state index >= 15 is 0 Å². The maximum absolute atomic E-state index is 14.3. The van der Waals surface area contributed by atoms with Crippen LogP contribution < -0.4 is 75.3 Å². The van der Waals surface area contributed by atoms with Gasteiger partial charge < -0.3 is 90.2 Å². The zero-order valence-corrected chi connectivity index (χ0v) is 51.9. The molecule has 1 saturated heterocycles. The van der Waals surface area contributed by atoms with Crippen molar-refractivity contribution in [1.29, 1.82) is 0 Å². The summed E-state index contributed by atoms with van der Waals surface area (Å²) in [7, 11) is 1.59. The maximum Gasteiger partial charge on any atom is 0.329 e. The monoisotopic (exact) mass is 1240 g/mol. The smallest absolute Gasteiger partial charge is 0.329 e. The molecule has 0 aliphatic carbocycles. The third kappa shape index (κ3) is 22.2. The maximum atomic E-state index is 14.3. The number of primary amides is 1. The minimum absolute atomic E-state index is 0.0142. The highest BCUT2D eigenvalue weighted by atomic mass is 16.5.